The standard InChI is InChI=1S/C29H36N4O5/c34-26(22-7-2-1-3-8-22)33-24(27(35)32-18-16-30(17-19-32)23-9-4-5-10-23)21-38-29(33)12-14-31(15-13-29)28(36)25-11-6-20-37-25/h1-3,6-8,11,20,23-24H,4-5,9-10,12-19,21H2. The molecule has 1 atom stereocenters. The smallest absolute Gasteiger partial charge is 0.289 e. The molecular formula is C29H36N4O5. The van der Waals surface area contributed by atoms with E-state index >= 15 is 0 Å². The number of piperidine rings is 1. The molecule has 9 nitrogen and oxygen atoms in total. The summed E-state index contributed by atoms with van der Waals surface area (Å²) in [5.74, 6) is -0.102. The molecule has 1 aliphatic carbocycles. The van der Waals surface area contributed by atoms with Gasteiger partial charge in [0.2, 0.25) is 5.91 Å². The Kier molecular flexibility index (Phi) is 6.97. The summed E-state index contributed by atoms with van der Waals surface area (Å²) in [5.41, 5.74) is -0.380. The maximum atomic E-state index is 13.9. The second-order valence-electron chi connectivity index (χ2n) is 10.9. The Morgan fingerprint density at radius 3 is 2.16 bits per heavy atom. The van der Waals surface area contributed by atoms with Gasteiger partial charge in [-0.05, 0) is 37.1 Å². The zero-order chi connectivity index (χ0) is 26.1. The highest BCUT2D eigenvalue weighted by Crippen LogP contribution is 2.39. The number of amides is 3. The van der Waals surface area contributed by atoms with Crippen LogP contribution in [0.1, 0.15) is 59.4 Å². The third kappa shape index (κ3) is 4.62. The van der Waals surface area contributed by atoms with E-state index in [1.165, 1.54) is 31.9 Å². The molecule has 0 bridgehead atoms. The highest BCUT2D eigenvalue weighted by molar-refractivity contribution is 5.98. The second kappa shape index (κ2) is 10.5. The van der Waals surface area contributed by atoms with E-state index in [0.717, 1.165) is 13.1 Å². The summed E-state index contributed by atoms with van der Waals surface area (Å²) in [7, 11) is 0. The fourth-order valence-electron chi connectivity index (χ4n) is 6.68. The van der Waals surface area contributed by atoms with Gasteiger partial charge in [-0.25, -0.2) is 0 Å². The lowest BCUT2D eigenvalue weighted by Crippen LogP contribution is -2.61. The maximum Gasteiger partial charge on any atom is 0.289 e. The van der Waals surface area contributed by atoms with E-state index in [9.17, 15) is 14.4 Å². The second-order valence-corrected chi connectivity index (χ2v) is 10.9. The number of rotatable bonds is 4. The van der Waals surface area contributed by atoms with Gasteiger partial charge in [0, 0.05) is 63.7 Å². The monoisotopic (exact) mass is 520 g/mol. The number of ether oxygens (including phenoxy) is 1. The van der Waals surface area contributed by atoms with E-state index < -0.39 is 11.8 Å². The Hall–Kier alpha value is -3.17. The molecule has 0 radical (unpaired) electrons. The molecule has 2 aromatic rings. The fourth-order valence-corrected chi connectivity index (χ4v) is 6.68. The Balaban J connectivity index is 1.19. The number of hydrogen-bond acceptors (Lipinski definition) is 6. The maximum absolute atomic E-state index is 13.9. The largest absolute Gasteiger partial charge is 0.459 e. The summed E-state index contributed by atoms with van der Waals surface area (Å²) in [4.78, 5) is 48.5. The molecule has 4 heterocycles. The summed E-state index contributed by atoms with van der Waals surface area (Å²) in [6.07, 6.45) is 7.48. The van der Waals surface area contributed by atoms with Gasteiger partial charge < -0.3 is 19.0 Å². The van der Waals surface area contributed by atoms with Gasteiger partial charge >= 0.3 is 0 Å². The minimum Gasteiger partial charge on any atom is -0.459 e. The topological polar surface area (TPSA) is 86.5 Å². The first-order valence-corrected chi connectivity index (χ1v) is 13.9. The quantitative estimate of drug-likeness (QED) is 0.616. The molecule has 1 unspecified atom stereocenters. The molecule has 1 saturated carbocycles. The van der Waals surface area contributed by atoms with Crippen LogP contribution in [0.2, 0.25) is 0 Å². The summed E-state index contributed by atoms with van der Waals surface area (Å²) >= 11 is 0. The third-order valence-electron chi connectivity index (χ3n) is 8.82. The number of carbonyl (C=O) groups excluding carboxylic acids is 3. The van der Waals surface area contributed by atoms with E-state index in [4.69, 9.17) is 9.15 Å². The minimum atomic E-state index is -0.918. The normalized spacial score (nSPS) is 24.3. The average Bonchev–Trinajstić information content (AvgIpc) is 3.75. The van der Waals surface area contributed by atoms with Gasteiger partial charge in [0.05, 0.1) is 12.9 Å². The van der Waals surface area contributed by atoms with Gasteiger partial charge in [-0.2, -0.15) is 0 Å². The lowest BCUT2D eigenvalue weighted by molar-refractivity contribution is -0.139. The predicted octanol–water partition coefficient (Wildman–Crippen LogP) is 2.84. The van der Waals surface area contributed by atoms with Crippen molar-refractivity contribution in [2.24, 2.45) is 0 Å². The van der Waals surface area contributed by atoms with E-state index in [0.29, 0.717) is 56.4 Å². The highest BCUT2D eigenvalue weighted by Gasteiger charge is 2.55. The predicted molar refractivity (Wildman–Crippen MR) is 139 cm³/mol. The number of nitrogens with zero attached hydrogens (tertiary/aromatic N) is 4. The summed E-state index contributed by atoms with van der Waals surface area (Å²) in [6.45, 7) is 4.12. The molecule has 38 heavy (non-hydrogen) atoms. The van der Waals surface area contributed by atoms with Crippen LogP contribution < -0.4 is 0 Å². The molecule has 3 amide bonds. The van der Waals surface area contributed by atoms with Gasteiger partial charge in [-0.1, -0.05) is 31.0 Å². The van der Waals surface area contributed by atoms with Crippen LogP contribution in [0.15, 0.2) is 53.1 Å². The van der Waals surface area contributed by atoms with Crippen LogP contribution in [0.3, 0.4) is 0 Å². The van der Waals surface area contributed by atoms with E-state index in [2.05, 4.69) is 4.90 Å². The molecule has 0 N–H and O–H groups in total. The summed E-state index contributed by atoms with van der Waals surface area (Å²) in [6, 6.07) is 12.4. The molecule has 6 rings (SSSR count). The lowest BCUT2D eigenvalue weighted by atomic mass is 9.96. The highest BCUT2D eigenvalue weighted by atomic mass is 16.5. The summed E-state index contributed by atoms with van der Waals surface area (Å²) in [5, 5.41) is 0. The number of piperazine rings is 1. The zero-order valence-corrected chi connectivity index (χ0v) is 21.8. The van der Waals surface area contributed by atoms with Gasteiger partial charge in [-0.15, -0.1) is 0 Å². The molecule has 4 aliphatic rings. The van der Waals surface area contributed by atoms with Gasteiger partial charge in [0.15, 0.2) is 5.76 Å². The molecule has 9 heteroatoms. The zero-order valence-electron chi connectivity index (χ0n) is 21.8. The molecule has 1 spiro atoms. The first-order valence-electron chi connectivity index (χ1n) is 13.9. The molecule has 3 aliphatic heterocycles. The Labute approximate surface area is 223 Å². The fraction of sp³-hybridized carbons (Fsp3) is 0.552. The number of likely N-dealkylation sites (tertiary alicyclic amines) is 1. The van der Waals surface area contributed by atoms with Crippen molar-refractivity contribution in [3.05, 3.63) is 60.1 Å². The van der Waals surface area contributed by atoms with E-state index in [-0.39, 0.29) is 24.3 Å². The van der Waals surface area contributed by atoms with Crippen molar-refractivity contribution in [2.75, 3.05) is 45.9 Å². The molecule has 202 valence electrons. The van der Waals surface area contributed by atoms with Crippen LogP contribution in [0.5, 0.6) is 0 Å². The molecular weight excluding hydrogens is 484 g/mol. The van der Waals surface area contributed by atoms with Crippen molar-refractivity contribution in [3.63, 3.8) is 0 Å². The van der Waals surface area contributed by atoms with Crippen LogP contribution in [0, 0.1) is 0 Å². The van der Waals surface area contributed by atoms with Crippen LogP contribution >= 0.6 is 0 Å². The van der Waals surface area contributed by atoms with Gasteiger partial charge in [0.1, 0.15) is 11.8 Å². The van der Waals surface area contributed by atoms with Crippen molar-refractivity contribution in [2.45, 2.75) is 56.3 Å². The van der Waals surface area contributed by atoms with Crippen molar-refractivity contribution < 1.29 is 23.5 Å². The molecule has 3 saturated heterocycles. The van der Waals surface area contributed by atoms with Crippen molar-refractivity contribution in [3.8, 4) is 0 Å². The van der Waals surface area contributed by atoms with E-state index in [1.54, 1.807) is 34.1 Å². The van der Waals surface area contributed by atoms with Crippen LogP contribution in [0.25, 0.3) is 0 Å². The van der Waals surface area contributed by atoms with Crippen molar-refractivity contribution in [1.82, 2.24) is 19.6 Å². The number of carbonyl (C=O) groups is 3. The average molecular weight is 521 g/mol. The summed E-state index contributed by atoms with van der Waals surface area (Å²) < 4.78 is 11.7. The molecule has 1 aromatic carbocycles. The van der Waals surface area contributed by atoms with Crippen molar-refractivity contribution >= 4 is 17.7 Å². The Bertz CT molecular complexity index is 1130. The number of hydrogen-bond donors (Lipinski definition) is 0. The van der Waals surface area contributed by atoms with Crippen LogP contribution in [-0.4, -0.2) is 101 Å². The number of furan rings is 1. The first kappa shape index (κ1) is 25.1. The van der Waals surface area contributed by atoms with E-state index in [1.807, 2.05) is 23.1 Å². The number of benzene rings is 1. The van der Waals surface area contributed by atoms with Crippen LogP contribution in [0.4, 0.5) is 0 Å². The first-order chi connectivity index (χ1) is 18.6. The van der Waals surface area contributed by atoms with Crippen LogP contribution in [-0.2, 0) is 9.53 Å². The molecule has 1 aromatic heterocycles. The Morgan fingerprint density at radius 1 is 0.789 bits per heavy atom. The minimum absolute atomic E-state index is 0.0358. The molecule has 4 fully saturated rings. The van der Waals surface area contributed by atoms with Gasteiger partial charge in [-0.3, -0.25) is 24.2 Å². The van der Waals surface area contributed by atoms with Gasteiger partial charge in [0.25, 0.3) is 11.8 Å². The lowest BCUT2D eigenvalue weighted by Gasteiger charge is -2.45. The SMILES string of the molecule is O=C(c1ccco1)N1CCC2(CC1)OCC(C(=O)N1CCN(C3CCCC3)CC1)N2C(=O)c1ccccc1. The third-order valence-corrected chi connectivity index (χ3v) is 8.82. The van der Waals surface area contributed by atoms with Crippen molar-refractivity contribution in [1.29, 1.82) is 0 Å². The Morgan fingerprint density at radius 2 is 1.50 bits per heavy atom.